The van der Waals surface area contributed by atoms with E-state index in [0.29, 0.717) is 23.9 Å². The summed E-state index contributed by atoms with van der Waals surface area (Å²) in [6.45, 7) is 11.8. The molecule has 7 nitrogen and oxygen atoms in total. The maximum absolute atomic E-state index is 10.1. The minimum atomic E-state index is -0.0493. The average molecular weight is 531 g/mol. The largest absolute Gasteiger partial charge is 0.508 e. The van der Waals surface area contributed by atoms with Crippen molar-refractivity contribution in [2.75, 3.05) is 40.3 Å². The van der Waals surface area contributed by atoms with Crippen molar-refractivity contribution in [3.05, 3.63) is 65.5 Å². The molecule has 2 aliphatic heterocycles. The van der Waals surface area contributed by atoms with Gasteiger partial charge in [-0.3, -0.25) is 19.7 Å². The van der Waals surface area contributed by atoms with Gasteiger partial charge in [-0.05, 0) is 82.6 Å². The monoisotopic (exact) mass is 530 g/mol. The minimum absolute atomic E-state index is 0.0493. The van der Waals surface area contributed by atoms with Gasteiger partial charge in [-0.15, -0.1) is 0 Å². The number of fused-ring (bicyclic) bond motifs is 1. The van der Waals surface area contributed by atoms with E-state index in [1.807, 2.05) is 18.3 Å². The molecule has 0 bridgehead atoms. The maximum Gasteiger partial charge on any atom is 0.115 e. The normalized spacial score (nSPS) is 23.3. The van der Waals surface area contributed by atoms with Crippen LogP contribution in [0.3, 0.4) is 0 Å². The molecule has 2 aliphatic rings. The predicted molar refractivity (Wildman–Crippen MR) is 159 cm³/mol. The Labute approximate surface area is 234 Å². The molecule has 210 valence electrons. The molecule has 39 heavy (non-hydrogen) atoms. The molecule has 2 fully saturated rings. The zero-order valence-corrected chi connectivity index (χ0v) is 24.4. The number of phenols is 1. The number of likely N-dealkylation sites (tertiary alicyclic amines) is 1. The highest BCUT2D eigenvalue weighted by molar-refractivity contribution is 5.74. The number of hydrogen-bond donors (Lipinski definition) is 2. The molecule has 0 amide bonds. The van der Waals surface area contributed by atoms with Gasteiger partial charge in [-0.25, -0.2) is 4.98 Å². The Hall–Kier alpha value is -2.58. The van der Waals surface area contributed by atoms with E-state index in [0.717, 1.165) is 75.1 Å². The molecule has 5 rings (SSSR count). The Morgan fingerprint density at radius 1 is 1.05 bits per heavy atom. The van der Waals surface area contributed by atoms with Gasteiger partial charge in [0.1, 0.15) is 5.75 Å². The minimum Gasteiger partial charge on any atom is -0.508 e. The summed E-state index contributed by atoms with van der Waals surface area (Å²) in [6.07, 6.45) is 6.29. The van der Waals surface area contributed by atoms with Crippen LogP contribution in [0.4, 0.5) is 0 Å². The number of rotatable bonds is 8. The molecule has 3 aromatic rings. The number of aromatic hydroxyl groups is 1. The van der Waals surface area contributed by atoms with E-state index in [9.17, 15) is 5.11 Å². The van der Waals surface area contributed by atoms with Gasteiger partial charge >= 0.3 is 0 Å². The van der Waals surface area contributed by atoms with Gasteiger partial charge in [-0.2, -0.15) is 0 Å². The van der Waals surface area contributed by atoms with Crippen molar-refractivity contribution < 1.29 is 5.11 Å². The van der Waals surface area contributed by atoms with Crippen LogP contribution in [0, 0.1) is 0 Å². The fourth-order valence-corrected chi connectivity index (χ4v) is 6.87. The third-order valence-electron chi connectivity index (χ3n) is 8.88. The Bertz CT molecular complexity index is 1240. The van der Waals surface area contributed by atoms with Gasteiger partial charge in [0.25, 0.3) is 0 Å². The number of nitrogens with one attached hydrogen (secondary N) is 1. The quantitative estimate of drug-likeness (QED) is 0.429. The summed E-state index contributed by atoms with van der Waals surface area (Å²) in [5.41, 5.74) is 5.51. The van der Waals surface area contributed by atoms with Crippen molar-refractivity contribution in [2.45, 2.75) is 76.7 Å². The zero-order valence-electron chi connectivity index (χ0n) is 24.4. The summed E-state index contributed by atoms with van der Waals surface area (Å²) < 4.78 is 0. The molecule has 2 aromatic carbocycles. The van der Waals surface area contributed by atoms with E-state index < -0.39 is 0 Å². The number of nitrogens with zero attached hydrogens (tertiary/aromatic N) is 5. The highest BCUT2D eigenvalue weighted by Crippen LogP contribution is 2.39. The zero-order chi connectivity index (χ0) is 27.6. The van der Waals surface area contributed by atoms with E-state index in [1.165, 1.54) is 11.1 Å². The number of hydrogen-bond acceptors (Lipinski definition) is 7. The van der Waals surface area contributed by atoms with Crippen LogP contribution in [0.15, 0.2) is 48.7 Å². The summed E-state index contributed by atoms with van der Waals surface area (Å²) in [4.78, 5) is 17.5. The van der Waals surface area contributed by atoms with E-state index in [2.05, 4.69) is 79.1 Å². The van der Waals surface area contributed by atoms with Gasteiger partial charge in [0.15, 0.2) is 0 Å². The van der Waals surface area contributed by atoms with E-state index >= 15 is 0 Å². The topological polar surface area (TPSA) is 67.8 Å². The first-order valence-electron chi connectivity index (χ1n) is 14.7. The third kappa shape index (κ3) is 6.12. The summed E-state index contributed by atoms with van der Waals surface area (Å²) in [5, 5.41) is 13.8. The second kappa shape index (κ2) is 11.9. The van der Waals surface area contributed by atoms with Crippen molar-refractivity contribution in [2.24, 2.45) is 0 Å². The molecule has 0 unspecified atom stereocenters. The molecule has 1 aromatic heterocycles. The molecule has 0 aliphatic carbocycles. The highest BCUT2D eigenvalue weighted by Gasteiger charge is 2.38. The standard InChI is InChI=1S/C32H46N6O/c1-6-8-31(38-20-23(2)34-24(3)21-38)30-19-33-28-12-11-25(17-29(28)35-30)22-37-15-13-32(14-16-37,36(4)5)26-9-7-10-27(39)18-26/h7,9-12,17-19,23-24,31,34,39H,6,8,13-16,20-22H2,1-5H3/t23-,24+,31-/m0/s1. The predicted octanol–water partition coefficient (Wildman–Crippen LogP) is 4.91. The molecule has 2 N–H and O–H groups in total. The van der Waals surface area contributed by atoms with Crippen LogP contribution in [-0.4, -0.2) is 82.1 Å². The first kappa shape index (κ1) is 28.0. The first-order valence-corrected chi connectivity index (χ1v) is 14.7. The summed E-state index contributed by atoms with van der Waals surface area (Å²) in [6, 6.07) is 15.7. The lowest BCUT2D eigenvalue weighted by atomic mass is 9.79. The first-order chi connectivity index (χ1) is 18.8. The number of piperidine rings is 1. The van der Waals surface area contributed by atoms with Gasteiger partial charge in [0, 0.05) is 50.3 Å². The molecule has 0 radical (unpaired) electrons. The van der Waals surface area contributed by atoms with Crippen molar-refractivity contribution in [1.29, 1.82) is 0 Å². The second-order valence-corrected chi connectivity index (χ2v) is 12.1. The molecule has 0 saturated carbocycles. The molecule has 3 atom stereocenters. The number of benzene rings is 2. The number of piperazine rings is 1. The van der Waals surface area contributed by atoms with E-state index in [-0.39, 0.29) is 5.54 Å². The van der Waals surface area contributed by atoms with Crippen molar-refractivity contribution in [1.82, 2.24) is 30.0 Å². The Morgan fingerprint density at radius 2 is 1.79 bits per heavy atom. The van der Waals surface area contributed by atoms with Crippen LogP contribution in [-0.2, 0) is 12.1 Å². The fourth-order valence-electron chi connectivity index (χ4n) is 6.87. The van der Waals surface area contributed by atoms with Gasteiger partial charge in [0.2, 0.25) is 0 Å². The van der Waals surface area contributed by atoms with Gasteiger partial charge in [-0.1, -0.05) is 31.5 Å². The molecular weight excluding hydrogens is 484 g/mol. The third-order valence-corrected chi connectivity index (χ3v) is 8.88. The highest BCUT2D eigenvalue weighted by atomic mass is 16.3. The van der Waals surface area contributed by atoms with Crippen LogP contribution in [0.2, 0.25) is 0 Å². The second-order valence-electron chi connectivity index (χ2n) is 12.1. The molecule has 3 heterocycles. The Kier molecular flexibility index (Phi) is 8.52. The Balaban J connectivity index is 1.31. The van der Waals surface area contributed by atoms with Crippen LogP contribution >= 0.6 is 0 Å². The van der Waals surface area contributed by atoms with Crippen LogP contribution < -0.4 is 5.32 Å². The van der Waals surface area contributed by atoms with Crippen molar-refractivity contribution in [3.8, 4) is 5.75 Å². The van der Waals surface area contributed by atoms with Crippen molar-refractivity contribution in [3.63, 3.8) is 0 Å². The van der Waals surface area contributed by atoms with Crippen LogP contribution in [0.25, 0.3) is 11.0 Å². The summed E-state index contributed by atoms with van der Waals surface area (Å²) >= 11 is 0. The smallest absolute Gasteiger partial charge is 0.115 e. The molecule has 0 spiro atoms. The lowest BCUT2D eigenvalue weighted by Gasteiger charge is -2.46. The molecular formula is C32H46N6O. The SMILES string of the molecule is CCC[C@@H](c1cnc2ccc(CN3CCC(c4cccc(O)c4)(N(C)C)CC3)cc2n1)N1C[C@@H](C)N[C@@H](C)C1. The van der Waals surface area contributed by atoms with Crippen LogP contribution in [0.5, 0.6) is 5.75 Å². The van der Waals surface area contributed by atoms with Crippen molar-refractivity contribution >= 4 is 11.0 Å². The summed E-state index contributed by atoms with van der Waals surface area (Å²) in [7, 11) is 4.32. The van der Waals surface area contributed by atoms with Gasteiger partial charge < -0.3 is 10.4 Å². The van der Waals surface area contributed by atoms with E-state index in [1.54, 1.807) is 6.07 Å². The number of aromatic nitrogens is 2. The lowest BCUT2D eigenvalue weighted by Crippen LogP contribution is -2.55. The molecule has 7 heteroatoms. The van der Waals surface area contributed by atoms with E-state index in [4.69, 9.17) is 9.97 Å². The maximum atomic E-state index is 10.1. The lowest BCUT2D eigenvalue weighted by molar-refractivity contribution is 0.0506. The average Bonchev–Trinajstić information content (AvgIpc) is 2.91. The molecule has 2 saturated heterocycles. The van der Waals surface area contributed by atoms with Gasteiger partial charge in [0.05, 0.1) is 29.0 Å². The Morgan fingerprint density at radius 3 is 2.46 bits per heavy atom. The summed E-state index contributed by atoms with van der Waals surface area (Å²) in [5.74, 6) is 0.343. The number of phenolic OH excluding ortho intramolecular Hbond substituents is 1. The van der Waals surface area contributed by atoms with Crippen LogP contribution in [0.1, 0.15) is 69.3 Å². The fraction of sp³-hybridized carbons (Fsp3) is 0.562.